The van der Waals surface area contributed by atoms with E-state index in [1.165, 1.54) is 0 Å². The zero-order chi connectivity index (χ0) is 22.7. The minimum Gasteiger partial charge on any atom is -0.497 e. The number of aryl methyl sites for hydroxylation is 1. The highest BCUT2D eigenvalue weighted by Gasteiger charge is 2.23. The molecular formula is C24H28N6O2. The third kappa shape index (κ3) is 4.49. The summed E-state index contributed by atoms with van der Waals surface area (Å²) in [6.45, 7) is 6.19. The predicted octanol–water partition coefficient (Wildman–Crippen LogP) is 3.88. The molecule has 2 N–H and O–H groups in total. The summed E-state index contributed by atoms with van der Waals surface area (Å²) >= 11 is 0. The van der Waals surface area contributed by atoms with Crippen LogP contribution in [0.15, 0.2) is 48.7 Å². The number of ether oxygens (including phenoxy) is 1. The van der Waals surface area contributed by atoms with E-state index in [1.807, 2.05) is 60.0 Å². The first-order valence-corrected chi connectivity index (χ1v) is 10.7. The number of methoxy groups -OCH3 is 1. The van der Waals surface area contributed by atoms with Gasteiger partial charge in [-0.25, -0.2) is 0 Å². The van der Waals surface area contributed by atoms with Gasteiger partial charge in [-0.3, -0.25) is 14.3 Å². The van der Waals surface area contributed by atoms with Crippen LogP contribution in [-0.2, 0) is 11.2 Å². The van der Waals surface area contributed by atoms with Crippen molar-refractivity contribution in [2.75, 3.05) is 7.11 Å². The number of nitrogens with one attached hydrogen (secondary N) is 2. The van der Waals surface area contributed by atoms with Gasteiger partial charge in [0.25, 0.3) is 0 Å². The second-order valence-electron chi connectivity index (χ2n) is 8.32. The fraction of sp³-hybridized carbons (Fsp3) is 0.333. The molecule has 1 amide bonds. The Bertz CT molecular complexity index is 1210. The molecule has 0 aliphatic rings. The van der Waals surface area contributed by atoms with Gasteiger partial charge in [0, 0.05) is 23.0 Å². The average Bonchev–Trinajstić information content (AvgIpc) is 3.37. The van der Waals surface area contributed by atoms with Crippen molar-refractivity contribution in [1.29, 1.82) is 0 Å². The Hall–Kier alpha value is -3.68. The molecule has 4 rings (SSSR count). The van der Waals surface area contributed by atoms with E-state index in [4.69, 9.17) is 4.74 Å². The highest BCUT2D eigenvalue weighted by atomic mass is 16.5. The normalized spacial score (nSPS) is 12.3. The number of hydrogen-bond acceptors (Lipinski definition) is 5. The minimum absolute atomic E-state index is 0.0809. The van der Waals surface area contributed by atoms with Gasteiger partial charge in [-0.15, -0.1) is 10.2 Å². The van der Waals surface area contributed by atoms with E-state index >= 15 is 0 Å². The Morgan fingerprint density at radius 3 is 2.66 bits per heavy atom. The van der Waals surface area contributed by atoms with Gasteiger partial charge in [0.2, 0.25) is 5.91 Å². The molecule has 0 radical (unpaired) electrons. The number of benzene rings is 1. The summed E-state index contributed by atoms with van der Waals surface area (Å²) in [5.41, 5.74) is 4.22. The van der Waals surface area contributed by atoms with Crippen LogP contribution in [0.25, 0.3) is 16.9 Å². The molecule has 3 heterocycles. The van der Waals surface area contributed by atoms with Crippen LogP contribution in [0.5, 0.6) is 5.75 Å². The number of fused-ring (bicyclic) bond motifs is 1. The molecule has 8 heteroatoms. The van der Waals surface area contributed by atoms with Crippen LogP contribution in [0.1, 0.15) is 43.4 Å². The molecule has 1 atom stereocenters. The first kappa shape index (κ1) is 21.5. The lowest BCUT2D eigenvalue weighted by molar-refractivity contribution is -0.121. The van der Waals surface area contributed by atoms with Crippen molar-refractivity contribution in [1.82, 2.24) is 30.1 Å². The number of rotatable bonds is 8. The Labute approximate surface area is 187 Å². The molecule has 0 saturated carbocycles. The van der Waals surface area contributed by atoms with Crippen molar-refractivity contribution in [2.24, 2.45) is 5.92 Å². The molecule has 8 nitrogen and oxygen atoms in total. The average molecular weight is 433 g/mol. The maximum Gasteiger partial charge on any atom is 0.225 e. The van der Waals surface area contributed by atoms with Gasteiger partial charge >= 0.3 is 0 Å². The Kier molecular flexibility index (Phi) is 6.20. The van der Waals surface area contributed by atoms with Crippen molar-refractivity contribution in [3.63, 3.8) is 0 Å². The number of aromatic amines is 1. The van der Waals surface area contributed by atoms with E-state index in [0.717, 1.165) is 46.2 Å². The maximum atomic E-state index is 13.1. The molecule has 0 saturated heterocycles. The fourth-order valence-electron chi connectivity index (χ4n) is 3.86. The van der Waals surface area contributed by atoms with Crippen molar-refractivity contribution < 1.29 is 9.53 Å². The standard InChI is InChI=1S/C24H28N6O2/c1-15(2)13-20(24-29-27-21-7-5-6-12-30(21)24)25-22(31)14-19-16(3)26-28-23(19)17-8-10-18(32-4)11-9-17/h5-12,15,20H,13-14H2,1-4H3,(H,25,31)(H,26,28)/t20-/m0/s1. The number of amides is 1. The number of hydrogen-bond donors (Lipinski definition) is 2. The second kappa shape index (κ2) is 9.21. The first-order chi connectivity index (χ1) is 15.5. The second-order valence-corrected chi connectivity index (χ2v) is 8.32. The topological polar surface area (TPSA) is 97.2 Å². The molecule has 1 aromatic carbocycles. The summed E-state index contributed by atoms with van der Waals surface area (Å²) in [4.78, 5) is 13.1. The zero-order valence-electron chi connectivity index (χ0n) is 18.8. The molecule has 0 aliphatic carbocycles. The van der Waals surface area contributed by atoms with Crippen molar-refractivity contribution in [2.45, 2.75) is 39.7 Å². The molecule has 0 spiro atoms. The monoisotopic (exact) mass is 432 g/mol. The number of carbonyl (C=O) groups is 1. The van der Waals surface area contributed by atoms with Gasteiger partial charge < -0.3 is 10.1 Å². The number of H-pyrrole nitrogens is 1. The molecule has 166 valence electrons. The summed E-state index contributed by atoms with van der Waals surface area (Å²) < 4.78 is 7.17. The van der Waals surface area contributed by atoms with Gasteiger partial charge in [0.1, 0.15) is 5.75 Å². The van der Waals surface area contributed by atoms with E-state index in [1.54, 1.807) is 7.11 Å². The summed E-state index contributed by atoms with van der Waals surface area (Å²) in [5.74, 6) is 1.81. The maximum absolute atomic E-state index is 13.1. The number of nitrogens with zero attached hydrogens (tertiary/aromatic N) is 4. The predicted molar refractivity (Wildman–Crippen MR) is 122 cm³/mol. The van der Waals surface area contributed by atoms with Gasteiger partial charge in [0.15, 0.2) is 11.5 Å². The molecule has 0 fully saturated rings. The smallest absolute Gasteiger partial charge is 0.225 e. The summed E-state index contributed by atoms with van der Waals surface area (Å²) in [6, 6.07) is 13.2. The Morgan fingerprint density at radius 2 is 1.94 bits per heavy atom. The first-order valence-electron chi connectivity index (χ1n) is 10.7. The van der Waals surface area contributed by atoms with Crippen LogP contribution < -0.4 is 10.1 Å². The van der Waals surface area contributed by atoms with Crippen LogP contribution in [0.4, 0.5) is 0 Å². The van der Waals surface area contributed by atoms with E-state index in [0.29, 0.717) is 5.92 Å². The molecule has 0 bridgehead atoms. The lowest BCUT2D eigenvalue weighted by Gasteiger charge is -2.19. The number of carbonyl (C=O) groups excluding carboxylic acids is 1. The van der Waals surface area contributed by atoms with Crippen molar-refractivity contribution in [3.8, 4) is 17.0 Å². The van der Waals surface area contributed by atoms with Gasteiger partial charge in [-0.05, 0) is 55.7 Å². The zero-order valence-corrected chi connectivity index (χ0v) is 18.8. The van der Waals surface area contributed by atoms with E-state index in [2.05, 4.69) is 39.6 Å². The lowest BCUT2D eigenvalue weighted by Crippen LogP contribution is -2.32. The molecule has 0 unspecified atom stereocenters. The van der Waals surface area contributed by atoms with Crippen molar-refractivity contribution >= 4 is 11.6 Å². The van der Waals surface area contributed by atoms with Crippen LogP contribution in [0.3, 0.4) is 0 Å². The highest BCUT2D eigenvalue weighted by molar-refractivity contribution is 5.82. The third-order valence-corrected chi connectivity index (χ3v) is 5.47. The highest BCUT2D eigenvalue weighted by Crippen LogP contribution is 2.27. The van der Waals surface area contributed by atoms with Crippen LogP contribution in [0, 0.1) is 12.8 Å². The van der Waals surface area contributed by atoms with Crippen molar-refractivity contribution in [3.05, 3.63) is 65.7 Å². The number of aromatic nitrogens is 5. The molecule has 0 aliphatic heterocycles. The van der Waals surface area contributed by atoms with E-state index < -0.39 is 0 Å². The largest absolute Gasteiger partial charge is 0.497 e. The molecule has 4 aromatic rings. The fourth-order valence-corrected chi connectivity index (χ4v) is 3.86. The Morgan fingerprint density at radius 1 is 1.16 bits per heavy atom. The van der Waals surface area contributed by atoms with Gasteiger partial charge in [-0.1, -0.05) is 19.9 Å². The molecule has 32 heavy (non-hydrogen) atoms. The summed E-state index contributed by atoms with van der Waals surface area (Å²) in [5, 5.41) is 19.3. The SMILES string of the molecule is COc1ccc(-c2n[nH]c(C)c2CC(=O)N[C@@H](CC(C)C)c2nnc3ccccn23)cc1. The summed E-state index contributed by atoms with van der Waals surface area (Å²) in [6.07, 6.45) is 2.90. The number of pyridine rings is 1. The van der Waals surface area contributed by atoms with E-state index in [9.17, 15) is 4.79 Å². The van der Waals surface area contributed by atoms with Crippen LogP contribution >= 0.6 is 0 Å². The minimum atomic E-state index is -0.239. The third-order valence-electron chi connectivity index (χ3n) is 5.47. The van der Waals surface area contributed by atoms with Crippen LogP contribution in [0.2, 0.25) is 0 Å². The molecule has 3 aromatic heterocycles. The lowest BCUT2D eigenvalue weighted by atomic mass is 10.0. The van der Waals surface area contributed by atoms with Gasteiger partial charge in [-0.2, -0.15) is 5.10 Å². The quantitative estimate of drug-likeness (QED) is 0.440. The van der Waals surface area contributed by atoms with Gasteiger partial charge in [0.05, 0.1) is 25.3 Å². The summed E-state index contributed by atoms with van der Waals surface area (Å²) in [7, 11) is 1.63. The van der Waals surface area contributed by atoms with Crippen LogP contribution in [-0.4, -0.2) is 37.8 Å². The van der Waals surface area contributed by atoms with E-state index in [-0.39, 0.29) is 18.4 Å². The Balaban J connectivity index is 1.57. The molecular weight excluding hydrogens is 404 g/mol.